The van der Waals surface area contributed by atoms with Crippen LogP contribution in [0.5, 0.6) is 5.75 Å². The van der Waals surface area contributed by atoms with Crippen molar-refractivity contribution in [1.82, 2.24) is 9.62 Å². The number of carbonyl (C=O) groups excluding carboxylic acids is 1. The van der Waals surface area contributed by atoms with Crippen LogP contribution in [0.25, 0.3) is 6.08 Å². The van der Waals surface area contributed by atoms with Crippen molar-refractivity contribution in [2.24, 2.45) is 5.92 Å². The smallest absolute Gasteiger partial charge is 0.251 e. The number of fused-ring (bicyclic) bond motifs is 1. The molecule has 2 atom stereocenters. The highest BCUT2D eigenvalue weighted by molar-refractivity contribution is 7.89. The number of sulfonamides is 1. The quantitative estimate of drug-likeness (QED) is 0.826. The van der Waals surface area contributed by atoms with Crippen LogP contribution in [0.4, 0.5) is 0 Å². The first-order chi connectivity index (χ1) is 12.4. The minimum Gasteiger partial charge on any atom is -0.464 e. The van der Waals surface area contributed by atoms with Crippen molar-refractivity contribution in [3.8, 4) is 5.75 Å². The molecule has 2 aliphatic heterocycles. The van der Waals surface area contributed by atoms with Gasteiger partial charge in [-0.25, -0.2) is 12.7 Å². The molecule has 1 amide bonds. The molecule has 1 saturated heterocycles. The van der Waals surface area contributed by atoms with E-state index in [0.717, 1.165) is 5.56 Å². The van der Waals surface area contributed by atoms with Gasteiger partial charge < -0.3 is 14.8 Å². The Balaban J connectivity index is 1.72. The largest absolute Gasteiger partial charge is 0.464 e. The van der Waals surface area contributed by atoms with Gasteiger partial charge in [0.2, 0.25) is 10.0 Å². The van der Waals surface area contributed by atoms with E-state index in [1.807, 2.05) is 24.3 Å². The number of benzene rings is 1. The average molecular weight is 378 g/mol. The van der Waals surface area contributed by atoms with Gasteiger partial charge in [0.1, 0.15) is 5.75 Å². The molecule has 0 aliphatic carbocycles. The zero-order chi connectivity index (χ0) is 18.7. The van der Waals surface area contributed by atoms with Crippen molar-refractivity contribution in [1.29, 1.82) is 0 Å². The van der Waals surface area contributed by atoms with Crippen LogP contribution < -0.4 is 10.1 Å². The number of rotatable bonds is 5. The standard InChI is InChI=1S/C18H22N2O5S/c1-20(2)26(22,23)12-15-10-24-11-16(15)19-18(21)14-7-8-25-17-6-4-3-5-13(17)9-14/h3-9,15-16H,10-12H2,1-2H3,(H,19,21)/t15-,16+/m0/s1. The molecule has 1 fully saturated rings. The van der Waals surface area contributed by atoms with Crippen molar-refractivity contribution in [2.45, 2.75) is 6.04 Å². The lowest BCUT2D eigenvalue weighted by molar-refractivity contribution is -0.118. The summed E-state index contributed by atoms with van der Waals surface area (Å²) in [5.41, 5.74) is 1.24. The monoisotopic (exact) mass is 378 g/mol. The van der Waals surface area contributed by atoms with Gasteiger partial charge in [-0.1, -0.05) is 18.2 Å². The SMILES string of the molecule is CN(C)S(=O)(=O)C[C@@H]1COC[C@H]1NC(=O)C1=Cc2ccccc2OC=C1. The predicted molar refractivity (Wildman–Crippen MR) is 97.9 cm³/mol. The normalized spacial score (nSPS) is 22.3. The zero-order valence-electron chi connectivity index (χ0n) is 14.7. The molecule has 0 aromatic heterocycles. The molecule has 7 nitrogen and oxygen atoms in total. The van der Waals surface area contributed by atoms with E-state index < -0.39 is 10.0 Å². The van der Waals surface area contributed by atoms with E-state index in [9.17, 15) is 13.2 Å². The molecule has 0 saturated carbocycles. The molecule has 1 aromatic carbocycles. The number of ether oxygens (including phenoxy) is 2. The number of nitrogens with one attached hydrogen (secondary N) is 1. The van der Waals surface area contributed by atoms with Crippen molar-refractivity contribution in [3.63, 3.8) is 0 Å². The van der Waals surface area contributed by atoms with Crippen LogP contribution in [0.15, 0.2) is 42.2 Å². The number of hydrogen-bond acceptors (Lipinski definition) is 5. The maximum atomic E-state index is 12.7. The molecular weight excluding hydrogens is 356 g/mol. The van der Waals surface area contributed by atoms with E-state index in [0.29, 0.717) is 24.5 Å². The Hall–Kier alpha value is -2.16. The van der Waals surface area contributed by atoms with Crippen molar-refractivity contribution in [3.05, 3.63) is 47.7 Å². The summed E-state index contributed by atoms with van der Waals surface area (Å²) in [7, 11) is -0.373. The third-order valence-corrected chi connectivity index (χ3v) is 6.39. The van der Waals surface area contributed by atoms with E-state index >= 15 is 0 Å². The fourth-order valence-corrected chi connectivity index (χ4v) is 4.01. The summed E-state index contributed by atoms with van der Waals surface area (Å²) in [6.45, 7) is 0.599. The highest BCUT2D eigenvalue weighted by Gasteiger charge is 2.34. The second-order valence-corrected chi connectivity index (χ2v) is 8.72. The molecule has 1 N–H and O–H groups in total. The van der Waals surface area contributed by atoms with Gasteiger partial charge in [-0.05, 0) is 18.2 Å². The third kappa shape index (κ3) is 4.14. The summed E-state index contributed by atoms with van der Waals surface area (Å²) in [5, 5.41) is 2.90. The first-order valence-corrected chi connectivity index (χ1v) is 9.90. The topological polar surface area (TPSA) is 84.9 Å². The predicted octanol–water partition coefficient (Wildman–Crippen LogP) is 0.999. The van der Waals surface area contributed by atoms with Crippen molar-refractivity contribution < 1.29 is 22.7 Å². The van der Waals surface area contributed by atoms with E-state index in [1.165, 1.54) is 24.7 Å². The molecule has 0 bridgehead atoms. The molecular formula is C18H22N2O5S. The number of amides is 1. The molecule has 8 heteroatoms. The summed E-state index contributed by atoms with van der Waals surface area (Å²) in [6.07, 6.45) is 4.81. The molecule has 2 aliphatic rings. The van der Waals surface area contributed by atoms with Crippen LogP contribution in [0.1, 0.15) is 5.56 Å². The van der Waals surface area contributed by atoms with Gasteiger partial charge in [0.05, 0.1) is 31.3 Å². The molecule has 0 spiro atoms. The summed E-state index contributed by atoms with van der Waals surface area (Å²) in [5.74, 6) is 0.0337. The highest BCUT2D eigenvalue weighted by Crippen LogP contribution is 2.25. The van der Waals surface area contributed by atoms with Crippen LogP contribution in [0.2, 0.25) is 0 Å². The van der Waals surface area contributed by atoms with Crippen LogP contribution in [0.3, 0.4) is 0 Å². The Kier molecular flexibility index (Phi) is 5.45. The van der Waals surface area contributed by atoms with Gasteiger partial charge in [-0.2, -0.15) is 0 Å². The second kappa shape index (κ2) is 7.61. The summed E-state index contributed by atoms with van der Waals surface area (Å²) >= 11 is 0. The van der Waals surface area contributed by atoms with Crippen molar-refractivity contribution in [2.75, 3.05) is 33.1 Å². The third-order valence-electron chi connectivity index (χ3n) is 4.43. The fourth-order valence-electron chi connectivity index (χ4n) is 2.84. The Morgan fingerprint density at radius 1 is 1.27 bits per heavy atom. The minimum absolute atomic E-state index is 0.0637. The van der Waals surface area contributed by atoms with Crippen LogP contribution in [-0.2, 0) is 19.6 Å². The van der Waals surface area contributed by atoms with Gasteiger partial charge in [0.15, 0.2) is 0 Å². The van der Waals surface area contributed by atoms with Gasteiger partial charge in [0, 0.05) is 31.1 Å². The second-order valence-electron chi connectivity index (χ2n) is 6.50. The molecule has 0 unspecified atom stereocenters. The Morgan fingerprint density at radius 3 is 2.81 bits per heavy atom. The van der Waals surface area contributed by atoms with E-state index in [2.05, 4.69) is 5.32 Å². The molecule has 1 aromatic rings. The summed E-state index contributed by atoms with van der Waals surface area (Å²) in [6, 6.07) is 7.06. The number of hydrogen-bond donors (Lipinski definition) is 1. The Labute approximate surface area is 153 Å². The maximum Gasteiger partial charge on any atom is 0.251 e. The van der Waals surface area contributed by atoms with E-state index in [4.69, 9.17) is 9.47 Å². The van der Waals surface area contributed by atoms with Crippen LogP contribution in [-0.4, -0.2) is 57.7 Å². The van der Waals surface area contributed by atoms with Crippen molar-refractivity contribution >= 4 is 22.0 Å². The van der Waals surface area contributed by atoms with E-state index in [-0.39, 0.29) is 23.6 Å². The van der Waals surface area contributed by atoms with Gasteiger partial charge >= 0.3 is 0 Å². The molecule has 26 heavy (non-hydrogen) atoms. The van der Waals surface area contributed by atoms with E-state index in [1.54, 1.807) is 12.2 Å². The fraction of sp³-hybridized carbons (Fsp3) is 0.389. The molecule has 0 radical (unpaired) electrons. The first kappa shape index (κ1) is 18.6. The number of para-hydroxylation sites is 1. The number of carbonyl (C=O) groups is 1. The zero-order valence-corrected chi connectivity index (χ0v) is 15.5. The van der Waals surface area contributed by atoms with Crippen LogP contribution in [0, 0.1) is 5.92 Å². The van der Waals surface area contributed by atoms with Gasteiger partial charge in [-0.3, -0.25) is 4.79 Å². The summed E-state index contributed by atoms with van der Waals surface area (Å²) < 4.78 is 36.3. The lowest BCUT2D eigenvalue weighted by atomic mass is 10.0. The van der Waals surface area contributed by atoms with Gasteiger partial charge in [0.25, 0.3) is 5.91 Å². The maximum absolute atomic E-state index is 12.7. The average Bonchev–Trinajstić information content (AvgIpc) is 2.89. The molecule has 2 heterocycles. The minimum atomic E-state index is -3.37. The molecule has 3 rings (SSSR count). The number of nitrogens with zero attached hydrogens (tertiary/aromatic N) is 1. The van der Waals surface area contributed by atoms with Gasteiger partial charge in [-0.15, -0.1) is 0 Å². The lowest BCUT2D eigenvalue weighted by Crippen LogP contribution is -2.43. The van der Waals surface area contributed by atoms with Crippen LogP contribution >= 0.6 is 0 Å². The first-order valence-electron chi connectivity index (χ1n) is 8.29. The highest BCUT2D eigenvalue weighted by atomic mass is 32.2. The Morgan fingerprint density at radius 2 is 2.04 bits per heavy atom. The lowest BCUT2D eigenvalue weighted by Gasteiger charge is -2.21. The molecule has 140 valence electrons. The Bertz CT molecular complexity index is 845. The summed E-state index contributed by atoms with van der Waals surface area (Å²) in [4.78, 5) is 12.7.